The van der Waals surface area contributed by atoms with Gasteiger partial charge in [-0.25, -0.2) is 4.68 Å². The summed E-state index contributed by atoms with van der Waals surface area (Å²) in [4.78, 5) is 19.5. The summed E-state index contributed by atoms with van der Waals surface area (Å²) in [6, 6.07) is 20.9. The Morgan fingerprint density at radius 1 is 0.968 bits per heavy atom. The monoisotopic (exact) mass is 430 g/mol. The highest BCUT2D eigenvalue weighted by Gasteiger charge is 2.25. The first-order chi connectivity index (χ1) is 15.1. The molecule has 1 saturated heterocycles. The summed E-state index contributed by atoms with van der Waals surface area (Å²) in [5.41, 5.74) is 4.51. The van der Waals surface area contributed by atoms with Crippen molar-refractivity contribution in [1.29, 1.82) is 0 Å². The Bertz CT molecular complexity index is 1220. The molecule has 158 valence electrons. The standard InChI is InChI=1S/C25H26N4OS/c1-18-7-6-10-21(15-18)29-25-22(19(2)26-29)16-23(31-25)24(30)28-13-11-27(12-14-28)17-20-8-4-3-5-9-20/h3-10,15-16H,11-14,17H2,1-2H3. The van der Waals surface area contributed by atoms with Gasteiger partial charge in [-0.3, -0.25) is 9.69 Å². The zero-order chi connectivity index (χ0) is 21.4. The topological polar surface area (TPSA) is 41.4 Å². The minimum atomic E-state index is 0.135. The molecular weight excluding hydrogens is 404 g/mol. The molecule has 3 heterocycles. The van der Waals surface area contributed by atoms with Gasteiger partial charge in [0.05, 0.1) is 16.3 Å². The number of benzene rings is 2. The molecule has 1 amide bonds. The molecule has 2 aromatic heterocycles. The molecule has 0 bridgehead atoms. The van der Waals surface area contributed by atoms with E-state index in [4.69, 9.17) is 5.10 Å². The molecule has 6 heteroatoms. The highest BCUT2D eigenvalue weighted by atomic mass is 32.1. The lowest BCUT2D eigenvalue weighted by Gasteiger charge is -2.34. The smallest absolute Gasteiger partial charge is 0.264 e. The van der Waals surface area contributed by atoms with Gasteiger partial charge in [-0.2, -0.15) is 5.10 Å². The van der Waals surface area contributed by atoms with Crippen molar-refractivity contribution in [2.24, 2.45) is 0 Å². The maximum atomic E-state index is 13.2. The first kappa shape index (κ1) is 20.0. The Morgan fingerprint density at radius 3 is 2.48 bits per heavy atom. The fourth-order valence-electron chi connectivity index (χ4n) is 4.19. The van der Waals surface area contributed by atoms with Crippen LogP contribution in [0.1, 0.15) is 26.5 Å². The summed E-state index contributed by atoms with van der Waals surface area (Å²) in [5, 5.41) is 5.79. The van der Waals surface area contributed by atoms with Crippen LogP contribution in [0.15, 0.2) is 60.7 Å². The van der Waals surface area contributed by atoms with Crippen molar-refractivity contribution >= 4 is 27.5 Å². The molecule has 0 saturated carbocycles. The first-order valence-electron chi connectivity index (χ1n) is 10.7. The Balaban J connectivity index is 1.32. The summed E-state index contributed by atoms with van der Waals surface area (Å²) in [6.45, 7) is 8.38. The van der Waals surface area contributed by atoms with Crippen LogP contribution in [-0.2, 0) is 6.54 Å². The lowest BCUT2D eigenvalue weighted by molar-refractivity contribution is 0.0633. The summed E-state index contributed by atoms with van der Waals surface area (Å²) in [5.74, 6) is 0.135. The van der Waals surface area contributed by atoms with Crippen LogP contribution in [0.25, 0.3) is 15.9 Å². The van der Waals surface area contributed by atoms with E-state index in [2.05, 4.69) is 54.3 Å². The van der Waals surface area contributed by atoms with Gasteiger partial charge >= 0.3 is 0 Å². The lowest BCUT2D eigenvalue weighted by Crippen LogP contribution is -2.48. The van der Waals surface area contributed by atoms with Crippen LogP contribution in [0.3, 0.4) is 0 Å². The van der Waals surface area contributed by atoms with E-state index in [1.54, 1.807) is 11.3 Å². The normalized spacial score (nSPS) is 15.0. The number of rotatable bonds is 4. The highest BCUT2D eigenvalue weighted by molar-refractivity contribution is 7.20. The average Bonchev–Trinajstić information content (AvgIpc) is 3.35. The van der Waals surface area contributed by atoms with Crippen LogP contribution >= 0.6 is 11.3 Å². The molecule has 0 aliphatic carbocycles. The number of piperazine rings is 1. The number of carbonyl (C=O) groups is 1. The molecule has 4 aromatic rings. The van der Waals surface area contributed by atoms with Crippen molar-refractivity contribution in [3.8, 4) is 5.69 Å². The fourth-order valence-corrected chi connectivity index (χ4v) is 5.34. The Kier molecular flexibility index (Phi) is 5.34. The summed E-state index contributed by atoms with van der Waals surface area (Å²) in [7, 11) is 0. The third-order valence-corrected chi connectivity index (χ3v) is 7.01. The number of nitrogens with zero attached hydrogens (tertiary/aromatic N) is 4. The number of fused-ring (bicyclic) bond motifs is 1. The summed E-state index contributed by atoms with van der Waals surface area (Å²) in [6.07, 6.45) is 0. The zero-order valence-corrected chi connectivity index (χ0v) is 18.7. The Hall–Kier alpha value is -2.96. The minimum absolute atomic E-state index is 0.135. The number of hydrogen-bond acceptors (Lipinski definition) is 4. The molecule has 5 rings (SSSR count). The number of aromatic nitrogens is 2. The quantitative estimate of drug-likeness (QED) is 0.473. The third kappa shape index (κ3) is 4.01. The number of thiophene rings is 1. The number of amides is 1. The zero-order valence-electron chi connectivity index (χ0n) is 17.9. The van der Waals surface area contributed by atoms with E-state index in [9.17, 15) is 4.79 Å². The van der Waals surface area contributed by atoms with Crippen LogP contribution in [0.2, 0.25) is 0 Å². The number of carbonyl (C=O) groups excluding carboxylic acids is 1. The molecule has 1 aliphatic heterocycles. The first-order valence-corrected chi connectivity index (χ1v) is 11.5. The third-order valence-electron chi connectivity index (χ3n) is 5.91. The van der Waals surface area contributed by atoms with Crippen molar-refractivity contribution in [3.05, 3.63) is 82.4 Å². The van der Waals surface area contributed by atoms with E-state index in [1.165, 1.54) is 11.1 Å². The van der Waals surface area contributed by atoms with E-state index < -0.39 is 0 Å². The maximum absolute atomic E-state index is 13.2. The molecule has 0 atom stereocenters. The minimum Gasteiger partial charge on any atom is -0.335 e. The van der Waals surface area contributed by atoms with Gasteiger partial charge in [0.2, 0.25) is 0 Å². The molecule has 5 nitrogen and oxygen atoms in total. The van der Waals surface area contributed by atoms with E-state index in [1.807, 2.05) is 34.7 Å². The van der Waals surface area contributed by atoms with Gasteiger partial charge in [-0.1, -0.05) is 42.5 Å². The molecule has 2 aromatic carbocycles. The van der Waals surface area contributed by atoms with E-state index >= 15 is 0 Å². The molecule has 1 aliphatic rings. The fraction of sp³-hybridized carbons (Fsp3) is 0.280. The molecule has 1 fully saturated rings. The Morgan fingerprint density at radius 2 is 1.74 bits per heavy atom. The van der Waals surface area contributed by atoms with E-state index in [0.717, 1.165) is 59.2 Å². The largest absolute Gasteiger partial charge is 0.335 e. The predicted molar refractivity (Wildman–Crippen MR) is 126 cm³/mol. The highest BCUT2D eigenvalue weighted by Crippen LogP contribution is 2.31. The summed E-state index contributed by atoms with van der Waals surface area (Å²) >= 11 is 1.55. The van der Waals surface area contributed by atoms with Crippen molar-refractivity contribution in [1.82, 2.24) is 19.6 Å². The van der Waals surface area contributed by atoms with Gasteiger partial charge in [0.15, 0.2) is 0 Å². The molecule has 31 heavy (non-hydrogen) atoms. The SMILES string of the molecule is Cc1cccc(-n2nc(C)c3cc(C(=O)N4CCN(Cc5ccccc5)CC4)sc32)c1. The van der Waals surface area contributed by atoms with Crippen molar-refractivity contribution < 1.29 is 4.79 Å². The van der Waals surface area contributed by atoms with E-state index in [-0.39, 0.29) is 5.91 Å². The van der Waals surface area contributed by atoms with Gasteiger partial charge in [0.25, 0.3) is 5.91 Å². The molecule has 0 N–H and O–H groups in total. The van der Waals surface area contributed by atoms with Gasteiger partial charge in [-0.15, -0.1) is 11.3 Å². The Labute approximate surface area is 186 Å². The molecule has 0 spiro atoms. The van der Waals surface area contributed by atoms with Crippen molar-refractivity contribution in [2.45, 2.75) is 20.4 Å². The van der Waals surface area contributed by atoms with Crippen LogP contribution in [-0.4, -0.2) is 51.7 Å². The second kappa shape index (κ2) is 8.29. The van der Waals surface area contributed by atoms with Crippen LogP contribution in [0.4, 0.5) is 0 Å². The second-order valence-corrected chi connectivity index (χ2v) is 9.25. The van der Waals surface area contributed by atoms with Gasteiger partial charge in [-0.05, 0) is 43.2 Å². The molecule has 0 unspecified atom stereocenters. The van der Waals surface area contributed by atoms with Gasteiger partial charge < -0.3 is 4.90 Å². The van der Waals surface area contributed by atoms with Crippen molar-refractivity contribution in [3.63, 3.8) is 0 Å². The second-order valence-electron chi connectivity index (χ2n) is 8.22. The number of aryl methyl sites for hydroxylation is 2. The predicted octanol–water partition coefficient (Wildman–Crippen LogP) is 4.66. The molecule has 0 radical (unpaired) electrons. The maximum Gasteiger partial charge on any atom is 0.264 e. The van der Waals surface area contributed by atoms with Gasteiger partial charge in [0, 0.05) is 38.1 Å². The van der Waals surface area contributed by atoms with Crippen LogP contribution in [0, 0.1) is 13.8 Å². The number of hydrogen-bond donors (Lipinski definition) is 0. The lowest BCUT2D eigenvalue weighted by atomic mass is 10.2. The van der Waals surface area contributed by atoms with E-state index in [0.29, 0.717) is 0 Å². The molecular formula is C25H26N4OS. The average molecular weight is 431 g/mol. The van der Waals surface area contributed by atoms with Gasteiger partial charge in [0.1, 0.15) is 4.83 Å². The summed E-state index contributed by atoms with van der Waals surface area (Å²) < 4.78 is 1.97. The van der Waals surface area contributed by atoms with Crippen molar-refractivity contribution in [2.75, 3.05) is 26.2 Å². The van der Waals surface area contributed by atoms with Crippen LogP contribution < -0.4 is 0 Å². The van der Waals surface area contributed by atoms with Crippen LogP contribution in [0.5, 0.6) is 0 Å².